The summed E-state index contributed by atoms with van der Waals surface area (Å²) in [6.45, 7) is 6.30. The molecule has 1 aliphatic heterocycles. The Morgan fingerprint density at radius 2 is 2.31 bits per heavy atom. The highest BCUT2D eigenvalue weighted by Gasteiger charge is 2.22. The molecule has 16 heavy (non-hydrogen) atoms. The molecular formula is C11H17N3O2. The van der Waals surface area contributed by atoms with E-state index in [9.17, 15) is 0 Å². The molecule has 0 saturated carbocycles. The lowest BCUT2D eigenvalue weighted by Gasteiger charge is -2.26. The minimum absolute atomic E-state index is 0.146. The van der Waals surface area contributed by atoms with Crippen LogP contribution >= 0.6 is 0 Å². The Bertz CT molecular complexity index is 353. The van der Waals surface area contributed by atoms with Crippen LogP contribution in [0.4, 0.5) is 5.82 Å². The van der Waals surface area contributed by atoms with Gasteiger partial charge in [-0.1, -0.05) is 6.92 Å². The zero-order valence-electron chi connectivity index (χ0n) is 9.69. The molecule has 2 rings (SSSR count). The molecule has 0 radical (unpaired) electrons. The maximum absolute atomic E-state index is 5.69. The maximum atomic E-state index is 5.69. The van der Waals surface area contributed by atoms with Gasteiger partial charge in [0.15, 0.2) is 0 Å². The number of anilines is 1. The molecule has 2 heterocycles. The molecule has 0 amide bonds. The summed E-state index contributed by atoms with van der Waals surface area (Å²) in [5.74, 6) is 1.51. The predicted molar refractivity (Wildman–Crippen MR) is 60.8 cm³/mol. The van der Waals surface area contributed by atoms with Crippen LogP contribution in [0.15, 0.2) is 6.33 Å². The van der Waals surface area contributed by atoms with Crippen LogP contribution in [0.1, 0.15) is 18.9 Å². The standard InChI is InChI=1S/C11H17N3O2/c1-3-4-12-10-8(2)11(14-7-13-10)16-9-5-15-6-9/h7,9H,3-6H2,1-2H3,(H,12,13,14). The van der Waals surface area contributed by atoms with Crippen LogP contribution in [0.3, 0.4) is 0 Å². The molecule has 1 aromatic heterocycles. The van der Waals surface area contributed by atoms with Crippen LogP contribution in [0.2, 0.25) is 0 Å². The number of nitrogens with zero attached hydrogens (tertiary/aromatic N) is 2. The number of nitrogens with one attached hydrogen (secondary N) is 1. The summed E-state index contributed by atoms with van der Waals surface area (Å²) in [6.07, 6.45) is 2.74. The molecule has 0 aromatic carbocycles. The summed E-state index contributed by atoms with van der Waals surface area (Å²) in [7, 11) is 0. The summed E-state index contributed by atoms with van der Waals surface area (Å²) >= 11 is 0. The number of hydrogen-bond donors (Lipinski definition) is 1. The van der Waals surface area contributed by atoms with E-state index in [2.05, 4.69) is 22.2 Å². The second kappa shape index (κ2) is 5.12. The molecule has 5 nitrogen and oxygen atoms in total. The topological polar surface area (TPSA) is 56.3 Å². The van der Waals surface area contributed by atoms with Crippen molar-refractivity contribution in [2.24, 2.45) is 0 Å². The van der Waals surface area contributed by atoms with Gasteiger partial charge in [-0.2, -0.15) is 0 Å². The fraction of sp³-hybridized carbons (Fsp3) is 0.636. The van der Waals surface area contributed by atoms with Crippen molar-refractivity contribution in [3.05, 3.63) is 11.9 Å². The van der Waals surface area contributed by atoms with Crippen molar-refractivity contribution in [2.45, 2.75) is 26.4 Å². The molecule has 0 atom stereocenters. The van der Waals surface area contributed by atoms with Crippen molar-refractivity contribution in [2.75, 3.05) is 25.1 Å². The van der Waals surface area contributed by atoms with E-state index in [1.54, 1.807) is 0 Å². The largest absolute Gasteiger partial charge is 0.469 e. The summed E-state index contributed by atoms with van der Waals surface area (Å²) < 4.78 is 10.7. The van der Waals surface area contributed by atoms with Crippen molar-refractivity contribution in [1.29, 1.82) is 0 Å². The van der Waals surface area contributed by atoms with Crippen molar-refractivity contribution in [3.63, 3.8) is 0 Å². The average Bonchev–Trinajstić information content (AvgIpc) is 2.23. The van der Waals surface area contributed by atoms with E-state index < -0.39 is 0 Å². The Hall–Kier alpha value is -1.36. The van der Waals surface area contributed by atoms with Gasteiger partial charge < -0.3 is 14.8 Å². The fourth-order valence-corrected chi connectivity index (χ4v) is 1.41. The quantitative estimate of drug-likeness (QED) is 0.817. The van der Waals surface area contributed by atoms with E-state index in [0.717, 1.165) is 24.3 Å². The van der Waals surface area contributed by atoms with Gasteiger partial charge in [0.25, 0.3) is 0 Å². The summed E-state index contributed by atoms with van der Waals surface area (Å²) in [4.78, 5) is 8.33. The lowest BCUT2D eigenvalue weighted by atomic mass is 10.3. The third kappa shape index (κ3) is 2.41. The van der Waals surface area contributed by atoms with Gasteiger partial charge in [0.05, 0.1) is 18.8 Å². The lowest BCUT2D eigenvalue weighted by molar-refractivity contribution is -0.0816. The second-order valence-electron chi connectivity index (χ2n) is 3.86. The van der Waals surface area contributed by atoms with Crippen molar-refractivity contribution < 1.29 is 9.47 Å². The average molecular weight is 223 g/mol. The number of aromatic nitrogens is 2. The SMILES string of the molecule is CCCNc1ncnc(OC2COC2)c1C. The molecule has 1 aromatic rings. The van der Waals surface area contributed by atoms with E-state index in [4.69, 9.17) is 9.47 Å². The summed E-state index contributed by atoms with van der Waals surface area (Å²) in [6, 6.07) is 0. The van der Waals surface area contributed by atoms with Crippen molar-refractivity contribution in [3.8, 4) is 5.88 Å². The number of ether oxygens (including phenoxy) is 2. The third-order valence-electron chi connectivity index (χ3n) is 2.47. The fourth-order valence-electron chi connectivity index (χ4n) is 1.41. The number of rotatable bonds is 5. The minimum atomic E-state index is 0.146. The zero-order chi connectivity index (χ0) is 11.4. The first-order chi connectivity index (χ1) is 7.81. The molecule has 0 bridgehead atoms. The molecule has 1 fully saturated rings. The summed E-state index contributed by atoms with van der Waals surface area (Å²) in [5, 5.41) is 3.25. The van der Waals surface area contributed by atoms with Crippen molar-refractivity contribution in [1.82, 2.24) is 9.97 Å². The highest BCUT2D eigenvalue weighted by molar-refractivity contribution is 5.47. The first-order valence-corrected chi connectivity index (χ1v) is 5.61. The zero-order valence-corrected chi connectivity index (χ0v) is 9.69. The Kier molecular flexibility index (Phi) is 3.56. The van der Waals surface area contributed by atoms with Gasteiger partial charge in [-0.15, -0.1) is 0 Å². The Morgan fingerprint density at radius 1 is 1.50 bits per heavy atom. The Morgan fingerprint density at radius 3 is 2.94 bits per heavy atom. The van der Waals surface area contributed by atoms with E-state index in [1.165, 1.54) is 6.33 Å². The molecule has 1 aliphatic rings. The Balaban J connectivity index is 2.05. The lowest BCUT2D eigenvalue weighted by Crippen LogP contribution is -2.39. The molecule has 1 saturated heterocycles. The smallest absolute Gasteiger partial charge is 0.221 e. The molecule has 0 spiro atoms. The molecule has 88 valence electrons. The van der Waals surface area contributed by atoms with Crippen LogP contribution < -0.4 is 10.1 Å². The van der Waals surface area contributed by atoms with Gasteiger partial charge in [-0.3, -0.25) is 0 Å². The van der Waals surface area contributed by atoms with Crippen LogP contribution in [0.5, 0.6) is 5.88 Å². The second-order valence-corrected chi connectivity index (χ2v) is 3.86. The first kappa shape index (κ1) is 11.1. The van der Waals surface area contributed by atoms with Gasteiger partial charge in [-0.25, -0.2) is 9.97 Å². The van der Waals surface area contributed by atoms with Gasteiger partial charge in [0.2, 0.25) is 5.88 Å². The summed E-state index contributed by atoms with van der Waals surface area (Å²) in [5.41, 5.74) is 0.961. The minimum Gasteiger partial charge on any atom is -0.469 e. The number of hydrogen-bond acceptors (Lipinski definition) is 5. The van der Waals surface area contributed by atoms with E-state index in [-0.39, 0.29) is 6.10 Å². The third-order valence-corrected chi connectivity index (χ3v) is 2.47. The van der Waals surface area contributed by atoms with Crippen molar-refractivity contribution >= 4 is 5.82 Å². The van der Waals surface area contributed by atoms with Gasteiger partial charge in [0, 0.05) is 6.54 Å². The highest BCUT2D eigenvalue weighted by atomic mass is 16.6. The molecule has 1 N–H and O–H groups in total. The van der Waals surface area contributed by atoms with Crippen LogP contribution in [-0.2, 0) is 4.74 Å². The molecule has 5 heteroatoms. The monoisotopic (exact) mass is 223 g/mol. The van der Waals surface area contributed by atoms with Gasteiger partial charge in [-0.05, 0) is 13.3 Å². The highest BCUT2D eigenvalue weighted by Crippen LogP contribution is 2.22. The first-order valence-electron chi connectivity index (χ1n) is 5.61. The van der Waals surface area contributed by atoms with Gasteiger partial charge >= 0.3 is 0 Å². The molecular weight excluding hydrogens is 206 g/mol. The molecule has 0 unspecified atom stereocenters. The Labute approximate surface area is 95.2 Å². The van der Waals surface area contributed by atoms with Crippen LogP contribution in [0.25, 0.3) is 0 Å². The maximum Gasteiger partial charge on any atom is 0.221 e. The normalized spacial score (nSPS) is 15.6. The predicted octanol–water partition coefficient (Wildman–Crippen LogP) is 1.38. The van der Waals surface area contributed by atoms with Gasteiger partial charge in [0.1, 0.15) is 18.2 Å². The van der Waals surface area contributed by atoms with Crippen LogP contribution in [-0.4, -0.2) is 35.8 Å². The van der Waals surface area contributed by atoms with E-state index >= 15 is 0 Å². The molecule has 0 aliphatic carbocycles. The van der Waals surface area contributed by atoms with E-state index in [0.29, 0.717) is 19.1 Å². The van der Waals surface area contributed by atoms with Crippen LogP contribution in [0, 0.1) is 6.92 Å². The van der Waals surface area contributed by atoms with E-state index in [1.807, 2.05) is 6.92 Å².